The lowest BCUT2D eigenvalue weighted by atomic mass is 9.91. The zero-order valence-electron chi connectivity index (χ0n) is 13.9. The summed E-state index contributed by atoms with van der Waals surface area (Å²) < 4.78 is 0. The van der Waals surface area contributed by atoms with Crippen molar-refractivity contribution in [2.75, 3.05) is 0 Å². The highest BCUT2D eigenvalue weighted by Gasteiger charge is 2.43. The van der Waals surface area contributed by atoms with Gasteiger partial charge in [0.2, 0.25) is 11.8 Å². The van der Waals surface area contributed by atoms with E-state index in [1.165, 1.54) is 25.7 Å². The molecule has 1 heterocycles. The van der Waals surface area contributed by atoms with Crippen molar-refractivity contribution in [3.8, 4) is 0 Å². The van der Waals surface area contributed by atoms with Crippen molar-refractivity contribution in [1.82, 2.24) is 10.2 Å². The van der Waals surface area contributed by atoms with Crippen molar-refractivity contribution in [3.63, 3.8) is 0 Å². The van der Waals surface area contributed by atoms with Gasteiger partial charge in [0.25, 0.3) is 0 Å². The van der Waals surface area contributed by atoms with Gasteiger partial charge >= 0.3 is 0 Å². The zero-order valence-corrected chi connectivity index (χ0v) is 13.9. The van der Waals surface area contributed by atoms with Gasteiger partial charge < -0.3 is 10.2 Å². The topological polar surface area (TPSA) is 49.4 Å². The normalized spacial score (nSPS) is 29.1. The summed E-state index contributed by atoms with van der Waals surface area (Å²) in [4.78, 5) is 27.2. The number of hydrogen-bond acceptors (Lipinski definition) is 2. The molecule has 2 rings (SSSR count). The van der Waals surface area contributed by atoms with Gasteiger partial charge in [-0.05, 0) is 44.4 Å². The van der Waals surface area contributed by atoms with Crippen LogP contribution in [-0.2, 0) is 9.59 Å². The van der Waals surface area contributed by atoms with Crippen LogP contribution in [0.5, 0.6) is 0 Å². The monoisotopic (exact) mass is 294 g/mol. The fourth-order valence-corrected chi connectivity index (χ4v) is 3.95. The average Bonchev–Trinajstić information content (AvgIpc) is 2.94. The molecule has 1 N–H and O–H groups in total. The van der Waals surface area contributed by atoms with E-state index in [2.05, 4.69) is 26.1 Å². The van der Waals surface area contributed by atoms with Gasteiger partial charge in [0, 0.05) is 6.04 Å². The van der Waals surface area contributed by atoms with Gasteiger partial charge in [-0.1, -0.05) is 33.6 Å². The zero-order chi connectivity index (χ0) is 15.6. The predicted molar refractivity (Wildman–Crippen MR) is 83.7 cm³/mol. The number of hydrogen-bond donors (Lipinski definition) is 1. The molecule has 0 spiro atoms. The fourth-order valence-electron chi connectivity index (χ4n) is 3.95. The second-order valence-corrected chi connectivity index (χ2v) is 7.15. The van der Waals surface area contributed by atoms with Crippen LogP contribution in [0.25, 0.3) is 0 Å². The van der Waals surface area contributed by atoms with Crippen LogP contribution in [0.3, 0.4) is 0 Å². The van der Waals surface area contributed by atoms with E-state index in [9.17, 15) is 9.59 Å². The van der Waals surface area contributed by atoms with Crippen molar-refractivity contribution in [1.29, 1.82) is 0 Å². The molecule has 0 aromatic carbocycles. The maximum Gasteiger partial charge on any atom is 0.246 e. The van der Waals surface area contributed by atoms with E-state index in [1.807, 2.05) is 11.8 Å². The molecule has 120 valence electrons. The molecule has 0 bridgehead atoms. The lowest BCUT2D eigenvalue weighted by molar-refractivity contribution is -0.153. The number of amides is 2. The number of rotatable bonds is 5. The molecule has 1 saturated heterocycles. The Morgan fingerprint density at radius 2 is 1.81 bits per heavy atom. The highest BCUT2D eigenvalue weighted by Crippen LogP contribution is 2.33. The molecule has 2 fully saturated rings. The molecule has 4 nitrogen and oxygen atoms in total. The molecular formula is C17H30N2O2. The Morgan fingerprint density at radius 3 is 2.33 bits per heavy atom. The van der Waals surface area contributed by atoms with E-state index in [-0.39, 0.29) is 29.9 Å². The van der Waals surface area contributed by atoms with Crippen LogP contribution in [-0.4, -0.2) is 34.8 Å². The molecule has 0 radical (unpaired) electrons. The van der Waals surface area contributed by atoms with Crippen LogP contribution in [0.15, 0.2) is 0 Å². The fraction of sp³-hybridized carbons (Fsp3) is 0.882. The molecule has 4 heteroatoms. The molecular weight excluding hydrogens is 264 g/mol. The summed E-state index contributed by atoms with van der Waals surface area (Å²) in [6.45, 7) is 8.32. The summed E-state index contributed by atoms with van der Waals surface area (Å²) in [5.74, 6) is 1.14. The first-order chi connectivity index (χ1) is 9.95. The Morgan fingerprint density at radius 1 is 1.19 bits per heavy atom. The molecule has 2 aliphatic rings. The minimum atomic E-state index is -0.329. The van der Waals surface area contributed by atoms with Crippen molar-refractivity contribution in [2.45, 2.75) is 84.3 Å². The predicted octanol–water partition coefficient (Wildman–Crippen LogP) is 2.72. The summed E-state index contributed by atoms with van der Waals surface area (Å²) in [7, 11) is 0. The Balaban J connectivity index is 2.19. The summed E-state index contributed by atoms with van der Waals surface area (Å²) in [5, 5.41) is 2.94. The van der Waals surface area contributed by atoms with Crippen LogP contribution in [0.2, 0.25) is 0 Å². The standard InChI is InChI=1S/C17H30N2O2/c1-5-15-16(20)18-14(10-11(2)3)17(21)19(15)12(4)13-8-6-7-9-13/h11-15H,5-10H2,1-4H3,(H,18,20). The van der Waals surface area contributed by atoms with E-state index in [0.717, 1.165) is 6.42 Å². The van der Waals surface area contributed by atoms with E-state index in [0.29, 0.717) is 18.3 Å². The van der Waals surface area contributed by atoms with Gasteiger partial charge in [-0.3, -0.25) is 9.59 Å². The van der Waals surface area contributed by atoms with E-state index in [1.54, 1.807) is 0 Å². The molecule has 1 aliphatic carbocycles. The smallest absolute Gasteiger partial charge is 0.246 e. The first-order valence-corrected chi connectivity index (χ1v) is 8.58. The molecule has 0 aromatic heterocycles. The largest absolute Gasteiger partial charge is 0.342 e. The number of nitrogens with one attached hydrogen (secondary N) is 1. The first kappa shape index (κ1) is 16.3. The second kappa shape index (κ2) is 6.80. The lowest BCUT2D eigenvalue weighted by Gasteiger charge is -2.44. The maximum absolute atomic E-state index is 12.9. The molecule has 2 amide bonds. The van der Waals surface area contributed by atoms with Crippen molar-refractivity contribution < 1.29 is 9.59 Å². The summed E-state index contributed by atoms with van der Waals surface area (Å²) in [6.07, 6.45) is 6.33. The van der Waals surface area contributed by atoms with Crippen LogP contribution >= 0.6 is 0 Å². The Labute approximate surface area is 128 Å². The maximum atomic E-state index is 12.9. The van der Waals surface area contributed by atoms with Crippen molar-refractivity contribution in [3.05, 3.63) is 0 Å². The van der Waals surface area contributed by atoms with Gasteiger partial charge in [0.05, 0.1) is 0 Å². The summed E-state index contributed by atoms with van der Waals surface area (Å²) in [6, 6.07) is -0.425. The first-order valence-electron chi connectivity index (χ1n) is 8.58. The highest BCUT2D eigenvalue weighted by atomic mass is 16.2. The Hall–Kier alpha value is -1.06. The molecule has 3 unspecified atom stereocenters. The van der Waals surface area contributed by atoms with Crippen LogP contribution < -0.4 is 5.32 Å². The second-order valence-electron chi connectivity index (χ2n) is 7.15. The third-order valence-electron chi connectivity index (χ3n) is 5.12. The third-order valence-corrected chi connectivity index (χ3v) is 5.12. The van der Waals surface area contributed by atoms with E-state index < -0.39 is 0 Å². The molecule has 3 atom stereocenters. The van der Waals surface area contributed by atoms with Gasteiger partial charge in [-0.2, -0.15) is 0 Å². The molecule has 1 saturated carbocycles. The Bertz CT molecular complexity index is 388. The van der Waals surface area contributed by atoms with Crippen LogP contribution in [0.1, 0.15) is 66.2 Å². The third kappa shape index (κ3) is 3.41. The number of carbonyl (C=O) groups is 2. The molecule has 0 aromatic rings. The van der Waals surface area contributed by atoms with Gasteiger partial charge in [-0.25, -0.2) is 0 Å². The Kier molecular flexibility index (Phi) is 5.28. The van der Waals surface area contributed by atoms with Gasteiger partial charge in [0.1, 0.15) is 12.1 Å². The SMILES string of the molecule is CCC1C(=O)NC(CC(C)C)C(=O)N1C(C)C1CCCC1. The summed E-state index contributed by atoms with van der Waals surface area (Å²) in [5.41, 5.74) is 0. The summed E-state index contributed by atoms with van der Waals surface area (Å²) >= 11 is 0. The molecule has 21 heavy (non-hydrogen) atoms. The van der Waals surface area contributed by atoms with E-state index in [4.69, 9.17) is 0 Å². The van der Waals surface area contributed by atoms with Crippen LogP contribution in [0.4, 0.5) is 0 Å². The number of carbonyl (C=O) groups excluding carboxylic acids is 2. The molecule has 1 aliphatic heterocycles. The van der Waals surface area contributed by atoms with E-state index >= 15 is 0 Å². The number of nitrogens with zero attached hydrogens (tertiary/aromatic N) is 1. The quantitative estimate of drug-likeness (QED) is 0.847. The van der Waals surface area contributed by atoms with Crippen LogP contribution in [0, 0.1) is 11.8 Å². The highest BCUT2D eigenvalue weighted by molar-refractivity contribution is 5.97. The van der Waals surface area contributed by atoms with Crippen molar-refractivity contribution in [2.24, 2.45) is 11.8 Å². The minimum absolute atomic E-state index is 0.0348. The van der Waals surface area contributed by atoms with Crippen molar-refractivity contribution >= 4 is 11.8 Å². The lowest BCUT2D eigenvalue weighted by Crippen LogP contribution is -2.66. The number of piperazine rings is 1. The minimum Gasteiger partial charge on any atom is -0.342 e. The average molecular weight is 294 g/mol. The van der Waals surface area contributed by atoms with Gasteiger partial charge in [0.15, 0.2) is 0 Å². The van der Waals surface area contributed by atoms with Gasteiger partial charge in [-0.15, -0.1) is 0 Å².